The van der Waals surface area contributed by atoms with Gasteiger partial charge in [-0.05, 0) is 31.2 Å². The van der Waals surface area contributed by atoms with Crippen LogP contribution in [-0.2, 0) is 6.54 Å². The molecule has 6 heteroatoms. The highest BCUT2D eigenvalue weighted by Crippen LogP contribution is 2.21. The Hall–Kier alpha value is -1.98. The van der Waals surface area contributed by atoms with E-state index in [0.717, 1.165) is 36.9 Å². The summed E-state index contributed by atoms with van der Waals surface area (Å²) in [5, 5.41) is 10.6. The summed E-state index contributed by atoms with van der Waals surface area (Å²) in [4.78, 5) is 16.1. The van der Waals surface area contributed by atoms with Crippen LogP contribution in [0.1, 0.15) is 11.5 Å². The van der Waals surface area contributed by atoms with Gasteiger partial charge in [-0.25, -0.2) is 0 Å². The first kappa shape index (κ1) is 15.9. The second kappa shape index (κ2) is 6.64. The van der Waals surface area contributed by atoms with Crippen molar-refractivity contribution in [3.63, 3.8) is 0 Å². The lowest BCUT2D eigenvalue weighted by Crippen LogP contribution is -2.46. The van der Waals surface area contributed by atoms with Gasteiger partial charge in [0.05, 0.1) is 6.54 Å². The Morgan fingerprint density at radius 2 is 1.83 bits per heavy atom. The summed E-state index contributed by atoms with van der Waals surface area (Å²) >= 11 is 5.92. The van der Waals surface area contributed by atoms with Crippen LogP contribution in [0.2, 0.25) is 5.02 Å². The highest BCUT2D eigenvalue weighted by atomic mass is 35.5. The number of halogens is 1. The summed E-state index contributed by atoms with van der Waals surface area (Å²) in [5.74, 6) is 0.577. The number of anilines is 1. The lowest BCUT2D eigenvalue weighted by atomic mass is 10.2. The van der Waals surface area contributed by atoms with Crippen LogP contribution in [-0.4, -0.2) is 36.2 Å². The van der Waals surface area contributed by atoms with Gasteiger partial charge in [-0.15, -0.1) is 0 Å². The number of benzene rings is 1. The van der Waals surface area contributed by atoms with Crippen LogP contribution in [0.4, 0.5) is 5.69 Å². The zero-order valence-corrected chi connectivity index (χ0v) is 13.7. The first-order valence-electron chi connectivity index (χ1n) is 7.58. The van der Waals surface area contributed by atoms with E-state index in [1.807, 2.05) is 24.3 Å². The molecule has 0 amide bonds. The molecule has 0 unspecified atom stereocenters. The van der Waals surface area contributed by atoms with E-state index in [4.69, 9.17) is 16.0 Å². The fraction of sp³-hybridized carbons (Fsp3) is 0.353. The van der Waals surface area contributed by atoms with Crippen molar-refractivity contribution >= 4 is 17.3 Å². The molecule has 1 N–H and O–H groups in total. The molecule has 1 aromatic heterocycles. The third-order valence-corrected chi connectivity index (χ3v) is 4.30. The fourth-order valence-electron chi connectivity index (χ4n) is 2.79. The summed E-state index contributed by atoms with van der Waals surface area (Å²) < 4.78 is 5.50. The molecule has 0 radical (unpaired) electrons. The third kappa shape index (κ3) is 3.68. The van der Waals surface area contributed by atoms with Gasteiger partial charge in [-0.1, -0.05) is 11.6 Å². The summed E-state index contributed by atoms with van der Waals surface area (Å²) in [6.45, 7) is 5.57. The van der Waals surface area contributed by atoms with Crippen LogP contribution in [0.3, 0.4) is 0 Å². The number of rotatable bonds is 3. The quantitative estimate of drug-likeness (QED) is 0.935. The number of nitrogens with zero attached hydrogens (tertiary/aromatic N) is 2. The van der Waals surface area contributed by atoms with E-state index in [2.05, 4.69) is 9.80 Å². The summed E-state index contributed by atoms with van der Waals surface area (Å²) in [7, 11) is 0. The normalized spacial score (nSPS) is 15.8. The van der Waals surface area contributed by atoms with Gasteiger partial charge in [0.15, 0.2) is 5.76 Å². The number of hydrogen-bond donors (Lipinski definition) is 1. The molecule has 5 nitrogen and oxygen atoms in total. The minimum absolute atomic E-state index is 0.282. The van der Waals surface area contributed by atoms with Crippen molar-refractivity contribution in [1.29, 1.82) is 0 Å². The van der Waals surface area contributed by atoms with Crippen LogP contribution < -0.4 is 10.3 Å². The van der Waals surface area contributed by atoms with E-state index in [1.54, 1.807) is 6.92 Å². The molecule has 0 saturated carbocycles. The van der Waals surface area contributed by atoms with Gasteiger partial charge < -0.3 is 14.4 Å². The molecule has 2 heterocycles. The molecule has 1 aliphatic rings. The molecule has 2 aromatic rings. The van der Waals surface area contributed by atoms with Gasteiger partial charge in [0.1, 0.15) is 5.76 Å². The first-order chi connectivity index (χ1) is 11.0. The first-order valence-corrected chi connectivity index (χ1v) is 7.96. The van der Waals surface area contributed by atoms with Gasteiger partial charge in [0.2, 0.25) is 11.2 Å². The van der Waals surface area contributed by atoms with Gasteiger partial charge in [0, 0.05) is 43.0 Å². The van der Waals surface area contributed by atoms with Crippen LogP contribution in [0.25, 0.3) is 0 Å². The van der Waals surface area contributed by atoms with E-state index < -0.39 is 0 Å². The van der Waals surface area contributed by atoms with Gasteiger partial charge in [-0.2, -0.15) is 0 Å². The lowest BCUT2D eigenvalue weighted by Gasteiger charge is -2.35. The molecule has 1 aliphatic heterocycles. The van der Waals surface area contributed by atoms with Crippen molar-refractivity contribution in [1.82, 2.24) is 4.90 Å². The average Bonchev–Trinajstić information content (AvgIpc) is 2.54. The van der Waals surface area contributed by atoms with Crippen LogP contribution in [0.5, 0.6) is 5.75 Å². The molecule has 23 heavy (non-hydrogen) atoms. The second-order valence-electron chi connectivity index (χ2n) is 5.73. The van der Waals surface area contributed by atoms with Gasteiger partial charge >= 0.3 is 0 Å². The lowest BCUT2D eigenvalue weighted by molar-refractivity contribution is 0.220. The van der Waals surface area contributed by atoms with Crippen LogP contribution in [0.15, 0.2) is 39.5 Å². The molecular weight excluding hydrogens is 316 g/mol. The van der Waals surface area contributed by atoms with Crippen molar-refractivity contribution in [2.24, 2.45) is 0 Å². The SMILES string of the molecule is Cc1cc(=O)c(O)c(CN2CCN(c3ccc(Cl)cc3)CC2)o1. The molecule has 0 aliphatic carbocycles. The smallest absolute Gasteiger partial charge is 0.227 e. The van der Waals surface area contributed by atoms with E-state index in [0.29, 0.717) is 18.1 Å². The Morgan fingerprint density at radius 1 is 1.17 bits per heavy atom. The Kier molecular flexibility index (Phi) is 4.59. The maximum Gasteiger partial charge on any atom is 0.227 e. The number of hydrogen-bond acceptors (Lipinski definition) is 5. The van der Waals surface area contributed by atoms with E-state index in [1.165, 1.54) is 6.07 Å². The Labute approximate surface area is 139 Å². The predicted molar refractivity (Wildman–Crippen MR) is 90.3 cm³/mol. The number of aryl methyl sites for hydroxylation is 1. The third-order valence-electron chi connectivity index (χ3n) is 4.05. The van der Waals surface area contributed by atoms with Crippen LogP contribution in [0, 0.1) is 6.92 Å². The monoisotopic (exact) mass is 334 g/mol. The van der Waals surface area contributed by atoms with Crippen molar-refractivity contribution in [3.05, 3.63) is 57.1 Å². The molecule has 3 rings (SSSR count). The van der Waals surface area contributed by atoms with Crippen molar-refractivity contribution in [2.45, 2.75) is 13.5 Å². The van der Waals surface area contributed by atoms with Crippen molar-refractivity contribution < 1.29 is 9.52 Å². The molecule has 122 valence electrons. The van der Waals surface area contributed by atoms with E-state index in [9.17, 15) is 9.90 Å². The van der Waals surface area contributed by atoms with Crippen molar-refractivity contribution in [2.75, 3.05) is 31.1 Å². The summed E-state index contributed by atoms with van der Waals surface area (Å²) in [6, 6.07) is 9.12. The largest absolute Gasteiger partial charge is 0.502 e. The average molecular weight is 335 g/mol. The molecule has 1 aromatic carbocycles. The zero-order valence-electron chi connectivity index (χ0n) is 13.0. The fourth-order valence-corrected chi connectivity index (χ4v) is 2.91. The van der Waals surface area contributed by atoms with Gasteiger partial charge in [-0.3, -0.25) is 9.69 Å². The van der Waals surface area contributed by atoms with E-state index >= 15 is 0 Å². The Morgan fingerprint density at radius 3 is 2.48 bits per heavy atom. The topological polar surface area (TPSA) is 56.9 Å². The Balaban J connectivity index is 1.63. The zero-order chi connectivity index (χ0) is 16.4. The second-order valence-corrected chi connectivity index (χ2v) is 6.17. The molecular formula is C17H19ClN2O3. The molecule has 0 bridgehead atoms. The molecule has 0 atom stereocenters. The maximum atomic E-state index is 11.6. The van der Waals surface area contributed by atoms with Gasteiger partial charge in [0.25, 0.3) is 0 Å². The Bertz CT molecular complexity index is 734. The number of aromatic hydroxyl groups is 1. The molecule has 1 fully saturated rings. The standard InChI is InChI=1S/C17H19ClN2O3/c1-12-10-15(21)17(22)16(23-12)11-19-6-8-20(9-7-19)14-4-2-13(18)3-5-14/h2-5,10,22H,6-9,11H2,1H3. The summed E-state index contributed by atoms with van der Waals surface area (Å²) in [5.41, 5.74) is 0.766. The predicted octanol–water partition coefficient (Wildman–Crippen LogP) is 2.63. The number of piperazine rings is 1. The molecule has 1 saturated heterocycles. The molecule has 0 spiro atoms. The highest BCUT2D eigenvalue weighted by molar-refractivity contribution is 6.30. The minimum Gasteiger partial charge on any atom is -0.502 e. The highest BCUT2D eigenvalue weighted by Gasteiger charge is 2.20. The summed E-state index contributed by atoms with van der Waals surface area (Å²) in [6.07, 6.45) is 0. The van der Waals surface area contributed by atoms with Crippen molar-refractivity contribution in [3.8, 4) is 5.75 Å². The van der Waals surface area contributed by atoms with Crippen LogP contribution >= 0.6 is 11.6 Å². The minimum atomic E-state index is -0.386. The van der Waals surface area contributed by atoms with E-state index in [-0.39, 0.29) is 11.2 Å². The maximum absolute atomic E-state index is 11.6.